The van der Waals surface area contributed by atoms with Crippen LogP contribution in [-0.2, 0) is 10.4 Å². The average molecular weight is 311 g/mol. The first kappa shape index (κ1) is 13.8. The molecule has 0 bridgehead atoms. The number of benzene rings is 3. The Kier molecular flexibility index (Phi) is 2.77. The van der Waals surface area contributed by atoms with Crippen molar-refractivity contribution in [3.63, 3.8) is 0 Å². The standard InChI is InChI=1S/C18H11F2NO2/c19-14-9-8-13-16(15(14)20)21-17(22)18(13,23)12-7-3-5-10-4-1-2-6-11(10)12/h1-9,23H,(H,21,22). The van der Waals surface area contributed by atoms with E-state index in [1.165, 1.54) is 6.07 Å². The van der Waals surface area contributed by atoms with Gasteiger partial charge in [0, 0.05) is 11.1 Å². The second-order valence-corrected chi connectivity index (χ2v) is 5.48. The van der Waals surface area contributed by atoms with Gasteiger partial charge in [-0.1, -0.05) is 48.5 Å². The van der Waals surface area contributed by atoms with E-state index in [0.717, 1.165) is 11.5 Å². The maximum Gasteiger partial charge on any atom is 0.265 e. The molecule has 0 saturated heterocycles. The summed E-state index contributed by atoms with van der Waals surface area (Å²) < 4.78 is 27.3. The van der Waals surface area contributed by atoms with Gasteiger partial charge in [0.05, 0.1) is 5.69 Å². The van der Waals surface area contributed by atoms with Crippen LogP contribution in [0.2, 0.25) is 0 Å². The number of carbonyl (C=O) groups is 1. The third-order valence-electron chi connectivity index (χ3n) is 4.23. The van der Waals surface area contributed by atoms with Gasteiger partial charge in [-0.15, -0.1) is 0 Å². The Bertz CT molecular complexity index is 965. The molecule has 0 radical (unpaired) electrons. The van der Waals surface area contributed by atoms with Crippen molar-refractivity contribution in [2.75, 3.05) is 5.32 Å². The molecule has 1 aliphatic rings. The van der Waals surface area contributed by atoms with E-state index in [-0.39, 0.29) is 11.3 Å². The van der Waals surface area contributed by atoms with E-state index in [4.69, 9.17) is 0 Å². The van der Waals surface area contributed by atoms with Gasteiger partial charge in [-0.2, -0.15) is 0 Å². The quantitative estimate of drug-likeness (QED) is 0.724. The summed E-state index contributed by atoms with van der Waals surface area (Å²) in [5.74, 6) is -3.05. The molecule has 4 rings (SSSR count). The summed E-state index contributed by atoms with van der Waals surface area (Å²) in [4.78, 5) is 12.4. The summed E-state index contributed by atoms with van der Waals surface area (Å²) in [6.45, 7) is 0. The summed E-state index contributed by atoms with van der Waals surface area (Å²) >= 11 is 0. The van der Waals surface area contributed by atoms with E-state index in [1.807, 2.05) is 18.2 Å². The Morgan fingerprint density at radius 2 is 1.65 bits per heavy atom. The molecule has 1 aliphatic heterocycles. The second kappa shape index (κ2) is 4.60. The zero-order valence-electron chi connectivity index (χ0n) is 11.8. The first-order valence-corrected chi connectivity index (χ1v) is 7.04. The summed E-state index contributed by atoms with van der Waals surface area (Å²) in [6.07, 6.45) is 0. The Morgan fingerprint density at radius 3 is 2.48 bits per heavy atom. The van der Waals surface area contributed by atoms with Crippen molar-refractivity contribution in [2.45, 2.75) is 5.60 Å². The highest BCUT2D eigenvalue weighted by atomic mass is 19.2. The Morgan fingerprint density at radius 1 is 0.913 bits per heavy atom. The van der Waals surface area contributed by atoms with Crippen molar-refractivity contribution < 1.29 is 18.7 Å². The predicted molar refractivity (Wildman–Crippen MR) is 81.9 cm³/mol. The van der Waals surface area contributed by atoms with E-state index >= 15 is 0 Å². The Balaban J connectivity index is 2.06. The van der Waals surface area contributed by atoms with E-state index < -0.39 is 23.1 Å². The highest BCUT2D eigenvalue weighted by Gasteiger charge is 2.49. The molecule has 1 heterocycles. The lowest BCUT2D eigenvalue weighted by molar-refractivity contribution is -0.129. The van der Waals surface area contributed by atoms with Crippen LogP contribution in [0.1, 0.15) is 11.1 Å². The van der Waals surface area contributed by atoms with Crippen LogP contribution < -0.4 is 5.32 Å². The molecule has 1 unspecified atom stereocenters. The molecule has 5 heteroatoms. The van der Waals surface area contributed by atoms with Gasteiger partial charge in [0.2, 0.25) is 0 Å². The van der Waals surface area contributed by atoms with Crippen molar-refractivity contribution in [2.24, 2.45) is 0 Å². The third-order valence-corrected chi connectivity index (χ3v) is 4.23. The molecule has 0 saturated carbocycles. The van der Waals surface area contributed by atoms with E-state index in [1.54, 1.807) is 24.3 Å². The van der Waals surface area contributed by atoms with Crippen LogP contribution in [0.3, 0.4) is 0 Å². The topological polar surface area (TPSA) is 49.3 Å². The molecule has 0 aliphatic carbocycles. The summed E-state index contributed by atoms with van der Waals surface area (Å²) in [5, 5.41) is 14.9. The molecular formula is C18H11F2NO2. The van der Waals surface area contributed by atoms with E-state index in [0.29, 0.717) is 10.9 Å². The zero-order chi connectivity index (χ0) is 16.2. The number of fused-ring (bicyclic) bond motifs is 2. The minimum absolute atomic E-state index is 0.0118. The molecular weight excluding hydrogens is 300 g/mol. The van der Waals surface area contributed by atoms with Gasteiger partial charge in [0.25, 0.3) is 5.91 Å². The number of carbonyl (C=O) groups excluding carboxylic acids is 1. The molecule has 3 aromatic carbocycles. The number of hydrogen-bond donors (Lipinski definition) is 2. The molecule has 3 nitrogen and oxygen atoms in total. The highest BCUT2D eigenvalue weighted by molar-refractivity contribution is 6.09. The van der Waals surface area contributed by atoms with Crippen LogP contribution in [0, 0.1) is 11.6 Å². The number of rotatable bonds is 1. The fourth-order valence-electron chi connectivity index (χ4n) is 3.11. The SMILES string of the molecule is O=C1Nc2c(ccc(F)c2F)C1(O)c1cccc2ccccc12. The number of halogens is 2. The normalized spacial score (nSPS) is 19.7. The van der Waals surface area contributed by atoms with Crippen molar-refractivity contribution >= 4 is 22.4 Å². The molecule has 2 N–H and O–H groups in total. The van der Waals surface area contributed by atoms with E-state index in [2.05, 4.69) is 5.32 Å². The molecule has 0 spiro atoms. The highest BCUT2D eigenvalue weighted by Crippen LogP contribution is 2.44. The minimum atomic E-state index is -2.06. The van der Waals surface area contributed by atoms with Crippen LogP contribution in [0.15, 0.2) is 54.6 Å². The fourth-order valence-corrected chi connectivity index (χ4v) is 3.11. The van der Waals surface area contributed by atoms with Crippen LogP contribution in [0.4, 0.5) is 14.5 Å². The summed E-state index contributed by atoms with van der Waals surface area (Å²) in [5.41, 5.74) is -2.04. The lowest BCUT2D eigenvalue weighted by atomic mass is 9.84. The Labute approximate surface area is 130 Å². The fraction of sp³-hybridized carbons (Fsp3) is 0.0556. The average Bonchev–Trinajstić information content (AvgIpc) is 2.83. The van der Waals surface area contributed by atoms with Crippen molar-refractivity contribution in [3.8, 4) is 0 Å². The van der Waals surface area contributed by atoms with Crippen LogP contribution in [-0.4, -0.2) is 11.0 Å². The number of nitrogens with one attached hydrogen (secondary N) is 1. The number of hydrogen-bond acceptors (Lipinski definition) is 2. The van der Waals surface area contributed by atoms with Gasteiger partial charge in [0.1, 0.15) is 0 Å². The van der Waals surface area contributed by atoms with Crippen LogP contribution in [0.5, 0.6) is 0 Å². The van der Waals surface area contributed by atoms with Gasteiger partial charge in [-0.05, 0) is 16.8 Å². The molecule has 1 amide bonds. The molecule has 114 valence electrons. The van der Waals surface area contributed by atoms with Crippen LogP contribution >= 0.6 is 0 Å². The first-order chi connectivity index (χ1) is 11.0. The van der Waals surface area contributed by atoms with Crippen molar-refractivity contribution in [1.29, 1.82) is 0 Å². The zero-order valence-corrected chi connectivity index (χ0v) is 11.8. The number of anilines is 1. The smallest absolute Gasteiger partial charge is 0.265 e. The van der Waals surface area contributed by atoms with Gasteiger partial charge in [0.15, 0.2) is 17.2 Å². The molecule has 3 aromatic rings. The monoisotopic (exact) mass is 311 g/mol. The van der Waals surface area contributed by atoms with Crippen molar-refractivity contribution in [1.82, 2.24) is 0 Å². The van der Waals surface area contributed by atoms with Crippen LogP contribution in [0.25, 0.3) is 10.8 Å². The van der Waals surface area contributed by atoms with Gasteiger partial charge < -0.3 is 10.4 Å². The summed E-state index contributed by atoms with van der Waals surface area (Å²) in [6, 6.07) is 14.6. The maximum absolute atomic E-state index is 13.9. The molecule has 23 heavy (non-hydrogen) atoms. The van der Waals surface area contributed by atoms with E-state index in [9.17, 15) is 18.7 Å². The predicted octanol–water partition coefficient (Wildman–Crippen LogP) is 3.31. The minimum Gasteiger partial charge on any atom is -0.372 e. The third kappa shape index (κ3) is 1.74. The largest absolute Gasteiger partial charge is 0.372 e. The molecule has 1 atom stereocenters. The maximum atomic E-state index is 13.9. The van der Waals surface area contributed by atoms with Gasteiger partial charge >= 0.3 is 0 Å². The van der Waals surface area contributed by atoms with Crippen molar-refractivity contribution in [3.05, 3.63) is 77.4 Å². The van der Waals surface area contributed by atoms with Gasteiger partial charge in [-0.3, -0.25) is 4.79 Å². The Hall–Kier alpha value is -2.79. The second-order valence-electron chi connectivity index (χ2n) is 5.48. The lowest BCUT2D eigenvalue weighted by Crippen LogP contribution is -2.35. The lowest BCUT2D eigenvalue weighted by Gasteiger charge is -2.23. The molecule has 0 fully saturated rings. The first-order valence-electron chi connectivity index (χ1n) is 7.04. The van der Waals surface area contributed by atoms with Gasteiger partial charge in [-0.25, -0.2) is 8.78 Å². The summed E-state index contributed by atoms with van der Waals surface area (Å²) in [7, 11) is 0. The number of amides is 1. The number of aliphatic hydroxyl groups is 1. The molecule has 0 aromatic heterocycles.